The molecule has 0 unspecified atom stereocenters. The van der Waals surface area contributed by atoms with E-state index in [0.717, 1.165) is 49.3 Å². The van der Waals surface area contributed by atoms with Crippen molar-refractivity contribution in [2.75, 3.05) is 19.6 Å². The van der Waals surface area contributed by atoms with Crippen LogP contribution in [-0.4, -0.2) is 59.7 Å². The van der Waals surface area contributed by atoms with Crippen LogP contribution in [-0.2, 0) is 19.6 Å². The molecule has 1 aliphatic rings. The van der Waals surface area contributed by atoms with Crippen LogP contribution in [0.25, 0.3) is 0 Å². The van der Waals surface area contributed by atoms with E-state index in [0.29, 0.717) is 11.4 Å². The smallest absolute Gasteiger partial charge is 0.303 e. The topological polar surface area (TPSA) is 117 Å². The van der Waals surface area contributed by atoms with Crippen molar-refractivity contribution in [2.24, 2.45) is 0 Å². The molecule has 1 fully saturated rings. The number of nitrogens with zero attached hydrogens (tertiary/aromatic N) is 2. The number of hydrogen-bond acceptors (Lipinski definition) is 6. The van der Waals surface area contributed by atoms with Gasteiger partial charge in [0.05, 0.1) is 16.7 Å². The number of halogens is 1. The number of hydrogen-bond donors (Lipinski definition) is 2. The lowest BCUT2D eigenvalue weighted by molar-refractivity contribution is -0.137. The molecule has 8 nitrogen and oxygen atoms in total. The zero-order chi connectivity index (χ0) is 27.5. The molecule has 0 amide bonds. The summed E-state index contributed by atoms with van der Waals surface area (Å²) < 4.78 is 36.0. The molecule has 0 bridgehead atoms. The first-order valence-corrected chi connectivity index (χ1v) is 14.2. The first kappa shape index (κ1) is 29.7. The van der Waals surface area contributed by atoms with Crippen molar-refractivity contribution in [2.45, 2.75) is 49.7 Å². The molecule has 0 spiro atoms. The summed E-state index contributed by atoms with van der Waals surface area (Å²) in [7, 11) is -4.02. The van der Waals surface area contributed by atoms with Gasteiger partial charge in [0.25, 0.3) is 10.1 Å². The average Bonchev–Trinajstić information content (AvgIpc) is 2.89. The van der Waals surface area contributed by atoms with E-state index in [1.54, 1.807) is 18.3 Å². The molecule has 0 aliphatic carbocycles. The molecule has 2 N–H and O–H groups in total. The number of aryl methyl sites for hydroxylation is 1. The zero-order valence-electron chi connectivity index (χ0n) is 21.2. The molecule has 38 heavy (non-hydrogen) atoms. The van der Waals surface area contributed by atoms with Gasteiger partial charge in [-0.25, -0.2) is 0 Å². The lowest BCUT2D eigenvalue weighted by Gasteiger charge is -2.34. The number of carbonyl (C=O) groups is 1. The molecular formula is C28H33ClN2O6S. The van der Waals surface area contributed by atoms with Crippen molar-refractivity contribution >= 4 is 27.7 Å². The molecule has 2 aromatic carbocycles. The predicted molar refractivity (Wildman–Crippen MR) is 146 cm³/mol. The Morgan fingerprint density at radius 2 is 1.74 bits per heavy atom. The predicted octanol–water partition coefficient (Wildman–Crippen LogP) is 5.41. The highest BCUT2D eigenvalue weighted by atomic mass is 35.5. The third kappa shape index (κ3) is 9.81. The summed E-state index contributed by atoms with van der Waals surface area (Å²) >= 11 is 6.03. The van der Waals surface area contributed by atoms with Crippen molar-refractivity contribution in [3.8, 4) is 0 Å². The van der Waals surface area contributed by atoms with Crippen molar-refractivity contribution < 1.29 is 27.6 Å². The molecular weight excluding hydrogens is 528 g/mol. The first-order valence-electron chi connectivity index (χ1n) is 12.4. The van der Waals surface area contributed by atoms with Gasteiger partial charge in [-0.05, 0) is 74.7 Å². The molecule has 1 aliphatic heterocycles. The fraction of sp³-hybridized carbons (Fsp3) is 0.357. The monoisotopic (exact) mass is 560 g/mol. The van der Waals surface area contributed by atoms with Gasteiger partial charge in [-0.1, -0.05) is 47.5 Å². The molecule has 0 radical (unpaired) electrons. The Balaban J connectivity index is 0.000000304. The summed E-state index contributed by atoms with van der Waals surface area (Å²) in [6.07, 6.45) is 4.52. The van der Waals surface area contributed by atoms with E-state index in [1.165, 1.54) is 12.1 Å². The zero-order valence-corrected chi connectivity index (χ0v) is 22.8. The van der Waals surface area contributed by atoms with Crippen molar-refractivity contribution in [1.29, 1.82) is 0 Å². The van der Waals surface area contributed by atoms with Gasteiger partial charge in [0.15, 0.2) is 0 Å². The lowest BCUT2D eigenvalue weighted by atomic mass is 10.0. The summed E-state index contributed by atoms with van der Waals surface area (Å²) in [5, 5.41) is 9.47. The van der Waals surface area contributed by atoms with Gasteiger partial charge in [0.2, 0.25) is 0 Å². The third-order valence-corrected chi connectivity index (χ3v) is 7.30. The summed E-state index contributed by atoms with van der Waals surface area (Å²) in [6.45, 7) is 4.54. The van der Waals surface area contributed by atoms with Crippen LogP contribution in [0.4, 0.5) is 0 Å². The highest BCUT2D eigenvalue weighted by Gasteiger charge is 2.25. The van der Waals surface area contributed by atoms with E-state index in [-0.39, 0.29) is 23.5 Å². The Kier molecular flexibility index (Phi) is 11.2. The maximum Gasteiger partial charge on any atom is 0.303 e. The van der Waals surface area contributed by atoms with Crippen LogP contribution < -0.4 is 0 Å². The minimum atomic E-state index is -4.02. The van der Waals surface area contributed by atoms with Crippen molar-refractivity contribution in [3.63, 3.8) is 0 Å². The van der Waals surface area contributed by atoms with Gasteiger partial charge in [-0.3, -0.25) is 14.3 Å². The van der Waals surface area contributed by atoms with Gasteiger partial charge in [0.1, 0.15) is 6.10 Å². The lowest BCUT2D eigenvalue weighted by Crippen LogP contribution is -2.38. The molecule has 10 heteroatoms. The number of pyridine rings is 1. The van der Waals surface area contributed by atoms with Crippen molar-refractivity contribution in [1.82, 2.24) is 9.88 Å². The van der Waals surface area contributed by atoms with E-state index in [4.69, 9.17) is 26.0 Å². The van der Waals surface area contributed by atoms with E-state index >= 15 is 0 Å². The van der Waals surface area contributed by atoms with Crippen LogP contribution >= 0.6 is 11.6 Å². The normalized spacial score (nSPS) is 15.3. The quantitative estimate of drug-likeness (QED) is 0.333. The molecule has 204 valence electrons. The molecule has 4 rings (SSSR count). The second-order valence-corrected chi connectivity index (χ2v) is 11.0. The fourth-order valence-electron chi connectivity index (χ4n) is 4.11. The number of aromatic nitrogens is 1. The van der Waals surface area contributed by atoms with Crippen LogP contribution in [0.3, 0.4) is 0 Å². The number of aliphatic carboxylic acids is 1. The number of ether oxygens (including phenoxy) is 1. The Labute approximate surface area is 229 Å². The van der Waals surface area contributed by atoms with Crippen LogP contribution in [0, 0.1) is 6.92 Å². The highest BCUT2D eigenvalue weighted by Crippen LogP contribution is 2.29. The van der Waals surface area contributed by atoms with E-state index in [1.807, 2.05) is 49.4 Å². The van der Waals surface area contributed by atoms with E-state index in [2.05, 4.69) is 9.88 Å². The fourth-order valence-corrected chi connectivity index (χ4v) is 4.72. The molecule has 1 aromatic heterocycles. The maximum absolute atomic E-state index is 10.7. The second-order valence-electron chi connectivity index (χ2n) is 9.15. The molecule has 2 heterocycles. The van der Waals surface area contributed by atoms with Gasteiger partial charge in [-0.2, -0.15) is 8.42 Å². The van der Waals surface area contributed by atoms with Gasteiger partial charge >= 0.3 is 5.97 Å². The molecule has 1 atom stereocenters. The number of carboxylic acid groups (broad SMARTS) is 1. The van der Waals surface area contributed by atoms with Gasteiger partial charge < -0.3 is 14.7 Å². The maximum atomic E-state index is 10.7. The SMILES string of the molecule is Cc1ccc(S(=O)(=O)O)cc1.O=C(O)CCCN1CCC(O[C@H](c2ccc(Cl)cc2)c2ccccn2)CC1. The second kappa shape index (κ2) is 14.4. The number of benzene rings is 2. The Morgan fingerprint density at radius 3 is 2.29 bits per heavy atom. The summed E-state index contributed by atoms with van der Waals surface area (Å²) in [6, 6.07) is 19.6. The van der Waals surface area contributed by atoms with Crippen molar-refractivity contribution in [3.05, 3.63) is 94.8 Å². The average molecular weight is 561 g/mol. The summed E-state index contributed by atoms with van der Waals surface area (Å²) in [4.78, 5) is 17.4. The van der Waals surface area contributed by atoms with Gasteiger partial charge in [-0.15, -0.1) is 0 Å². The molecule has 3 aromatic rings. The van der Waals surface area contributed by atoms with Gasteiger partial charge in [0, 0.05) is 30.7 Å². The van der Waals surface area contributed by atoms with Crippen LogP contribution in [0.15, 0.2) is 77.8 Å². The third-order valence-electron chi connectivity index (χ3n) is 6.18. The first-order chi connectivity index (χ1) is 18.1. The Bertz CT molecular complexity index is 1250. The van der Waals surface area contributed by atoms with E-state index < -0.39 is 16.1 Å². The Hall–Kier alpha value is -2.82. The minimum Gasteiger partial charge on any atom is -0.481 e. The van der Waals surface area contributed by atoms with Crippen LogP contribution in [0.5, 0.6) is 0 Å². The summed E-state index contributed by atoms with van der Waals surface area (Å²) in [5.41, 5.74) is 2.89. The molecule has 1 saturated heterocycles. The molecule has 0 saturated carbocycles. The van der Waals surface area contributed by atoms with E-state index in [9.17, 15) is 13.2 Å². The van der Waals surface area contributed by atoms with Crippen LogP contribution in [0.2, 0.25) is 5.02 Å². The highest BCUT2D eigenvalue weighted by molar-refractivity contribution is 7.85. The minimum absolute atomic E-state index is 0.0666. The number of likely N-dealkylation sites (tertiary alicyclic amines) is 1. The number of piperidine rings is 1. The number of rotatable bonds is 9. The number of carboxylic acids is 1. The largest absolute Gasteiger partial charge is 0.481 e. The van der Waals surface area contributed by atoms with Crippen LogP contribution in [0.1, 0.15) is 48.6 Å². The standard InChI is InChI=1S/C21H25ClN2O3.C7H8O3S/c22-17-8-6-16(7-9-17)21(19-4-1-2-12-23-19)27-18-10-14-24(15-11-18)13-3-5-20(25)26;1-6-2-4-7(5-3-6)11(8,9)10/h1-2,4,6-9,12,18,21H,3,5,10-11,13-15H2,(H,25,26);2-5H,1H3,(H,8,9,10)/t21-;/m1./s1. The summed E-state index contributed by atoms with van der Waals surface area (Å²) in [5.74, 6) is -0.727. The Morgan fingerprint density at radius 1 is 1.08 bits per heavy atom.